The van der Waals surface area contributed by atoms with Gasteiger partial charge < -0.3 is 20.5 Å². The molecule has 0 bridgehead atoms. The molecule has 1 saturated heterocycles. The highest BCUT2D eigenvalue weighted by Crippen LogP contribution is 2.32. The van der Waals surface area contributed by atoms with Crippen molar-refractivity contribution in [3.8, 4) is 0 Å². The molecule has 0 aromatic heterocycles. The molecule has 2 fully saturated rings. The molecule has 3 N–H and O–H groups in total. The number of likely N-dealkylation sites (N-methyl/N-ethyl adjacent to an activating group) is 1. The standard InChI is InChI=1S/C17H34N4O2/c1-3-18-16(19-9-10-21(4-2)15-5-6-15)20-13-17(7-11-22)8-12-23-14-17/h15,22H,3-14H2,1-2H3,(H2,18,19,20). The Morgan fingerprint density at radius 1 is 1.35 bits per heavy atom. The topological polar surface area (TPSA) is 69.1 Å². The second-order valence-electron chi connectivity index (χ2n) is 6.76. The summed E-state index contributed by atoms with van der Waals surface area (Å²) in [5.74, 6) is 0.878. The van der Waals surface area contributed by atoms with E-state index in [1.165, 1.54) is 12.8 Å². The molecule has 1 heterocycles. The van der Waals surface area contributed by atoms with Crippen molar-refractivity contribution < 1.29 is 9.84 Å². The Bertz CT molecular complexity index is 366. The normalized spacial score (nSPS) is 25.1. The van der Waals surface area contributed by atoms with Gasteiger partial charge in [-0.3, -0.25) is 9.89 Å². The number of ether oxygens (including phenoxy) is 1. The van der Waals surface area contributed by atoms with Gasteiger partial charge in [0, 0.05) is 44.3 Å². The van der Waals surface area contributed by atoms with Gasteiger partial charge in [0.1, 0.15) is 0 Å². The molecular formula is C17H34N4O2. The van der Waals surface area contributed by atoms with Crippen LogP contribution in [0.5, 0.6) is 0 Å². The minimum atomic E-state index is 0.0145. The smallest absolute Gasteiger partial charge is 0.191 e. The van der Waals surface area contributed by atoms with E-state index in [0.29, 0.717) is 13.2 Å². The van der Waals surface area contributed by atoms with Gasteiger partial charge >= 0.3 is 0 Å². The third-order valence-corrected chi connectivity index (χ3v) is 4.90. The van der Waals surface area contributed by atoms with Crippen LogP contribution < -0.4 is 10.6 Å². The highest BCUT2D eigenvalue weighted by atomic mass is 16.5. The van der Waals surface area contributed by atoms with Crippen molar-refractivity contribution in [1.29, 1.82) is 0 Å². The number of nitrogens with one attached hydrogen (secondary N) is 2. The molecule has 2 aliphatic rings. The maximum Gasteiger partial charge on any atom is 0.191 e. The Balaban J connectivity index is 1.81. The van der Waals surface area contributed by atoms with Crippen LogP contribution in [-0.4, -0.2) is 74.6 Å². The molecule has 23 heavy (non-hydrogen) atoms. The number of aliphatic hydroxyl groups excluding tert-OH is 1. The Labute approximate surface area is 140 Å². The van der Waals surface area contributed by atoms with Gasteiger partial charge in [-0.25, -0.2) is 0 Å². The van der Waals surface area contributed by atoms with E-state index >= 15 is 0 Å². The predicted molar refractivity (Wildman–Crippen MR) is 93.8 cm³/mol. The fraction of sp³-hybridized carbons (Fsp3) is 0.941. The summed E-state index contributed by atoms with van der Waals surface area (Å²) >= 11 is 0. The Morgan fingerprint density at radius 3 is 2.74 bits per heavy atom. The summed E-state index contributed by atoms with van der Waals surface area (Å²) < 4.78 is 5.54. The van der Waals surface area contributed by atoms with Crippen molar-refractivity contribution in [3.63, 3.8) is 0 Å². The Kier molecular flexibility index (Phi) is 7.59. The van der Waals surface area contributed by atoms with E-state index < -0.39 is 0 Å². The lowest BCUT2D eigenvalue weighted by atomic mass is 9.84. The molecule has 1 aliphatic heterocycles. The maximum atomic E-state index is 9.31. The lowest BCUT2D eigenvalue weighted by Crippen LogP contribution is -2.42. The minimum Gasteiger partial charge on any atom is -0.396 e. The van der Waals surface area contributed by atoms with Gasteiger partial charge in [-0.1, -0.05) is 6.92 Å². The average Bonchev–Trinajstić information content (AvgIpc) is 3.29. The number of aliphatic hydroxyl groups is 1. The largest absolute Gasteiger partial charge is 0.396 e. The van der Waals surface area contributed by atoms with E-state index in [1.807, 2.05) is 0 Å². The van der Waals surface area contributed by atoms with E-state index in [1.54, 1.807) is 0 Å². The van der Waals surface area contributed by atoms with Crippen LogP contribution in [0.25, 0.3) is 0 Å². The van der Waals surface area contributed by atoms with Gasteiger partial charge in [-0.05, 0) is 39.2 Å². The quantitative estimate of drug-likeness (QED) is 0.409. The maximum absolute atomic E-state index is 9.31. The molecule has 0 aromatic carbocycles. The summed E-state index contributed by atoms with van der Waals surface area (Å²) in [6.45, 7) is 10.7. The van der Waals surface area contributed by atoms with Gasteiger partial charge in [0.05, 0.1) is 13.2 Å². The van der Waals surface area contributed by atoms with Gasteiger partial charge in [0.2, 0.25) is 0 Å². The van der Waals surface area contributed by atoms with Crippen LogP contribution in [-0.2, 0) is 4.74 Å². The predicted octanol–water partition coefficient (Wildman–Crippen LogP) is 0.815. The van der Waals surface area contributed by atoms with Crippen molar-refractivity contribution >= 4 is 5.96 Å². The van der Waals surface area contributed by atoms with E-state index in [9.17, 15) is 5.11 Å². The molecule has 0 aromatic rings. The number of hydrogen-bond acceptors (Lipinski definition) is 4. The van der Waals surface area contributed by atoms with Crippen LogP contribution in [0.15, 0.2) is 4.99 Å². The van der Waals surface area contributed by atoms with Gasteiger partial charge in [-0.15, -0.1) is 0 Å². The lowest BCUT2D eigenvalue weighted by molar-refractivity contribution is 0.131. The molecule has 1 unspecified atom stereocenters. The number of rotatable bonds is 10. The molecule has 0 amide bonds. The van der Waals surface area contributed by atoms with E-state index in [-0.39, 0.29) is 12.0 Å². The zero-order chi connectivity index (χ0) is 16.5. The third-order valence-electron chi connectivity index (χ3n) is 4.90. The summed E-state index contributed by atoms with van der Waals surface area (Å²) in [6.07, 6.45) is 4.46. The first-order chi connectivity index (χ1) is 11.2. The molecule has 6 heteroatoms. The number of nitrogens with zero attached hydrogens (tertiary/aromatic N) is 2. The zero-order valence-corrected chi connectivity index (χ0v) is 14.8. The second-order valence-corrected chi connectivity index (χ2v) is 6.76. The van der Waals surface area contributed by atoms with Crippen molar-refractivity contribution in [1.82, 2.24) is 15.5 Å². The monoisotopic (exact) mass is 326 g/mol. The molecule has 0 radical (unpaired) electrons. The molecule has 1 aliphatic carbocycles. The first kappa shape index (κ1) is 18.5. The summed E-state index contributed by atoms with van der Waals surface area (Å²) in [5, 5.41) is 16.1. The van der Waals surface area contributed by atoms with Gasteiger partial charge in [0.15, 0.2) is 5.96 Å². The fourth-order valence-electron chi connectivity index (χ4n) is 3.23. The number of hydrogen-bond donors (Lipinski definition) is 3. The summed E-state index contributed by atoms with van der Waals surface area (Å²) in [5.41, 5.74) is 0.0145. The van der Waals surface area contributed by atoms with Crippen LogP contribution >= 0.6 is 0 Å². The average molecular weight is 326 g/mol. The Hall–Kier alpha value is -0.850. The zero-order valence-electron chi connectivity index (χ0n) is 14.8. The second kappa shape index (κ2) is 9.45. The summed E-state index contributed by atoms with van der Waals surface area (Å²) in [6, 6.07) is 0.810. The molecule has 134 valence electrons. The lowest BCUT2D eigenvalue weighted by Gasteiger charge is -2.25. The first-order valence-electron chi connectivity index (χ1n) is 9.18. The SMILES string of the molecule is CCNC(=NCC1(CCO)CCOC1)NCCN(CC)C1CC1. The van der Waals surface area contributed by atoms with Crippen LogP contribution in [0.4, 0.5) is 0 Å². The van der Waals surface area contributed by atoms with Crippen molar-refractivity contribution in [2.24, 2.45) is 10.4 Å². The number of aliphatic imine (C=N–C) groups is 1. The molecule has 1 saturated carbocycles. The molecule has 6 nitrogen and oxygen atoms in total. The number of guanidine groups is 1. The van der Waals surface area contributed by atoms with Crippen LogP contribution in [0.3, 0.4) is 0 Å². The van der Waals surface area contributed by atoms with E-state index in [0.717, 1.165) is 57.6 Å². The van der Waals surface area contributed by atoms with E-state index in [4.69, 9.17) is 9.73 Å². The van der Waals surface area contributed by atoms with Gasteiger partial charge in [-0.2, -0.15) is 0 Å². The van der Waals surface area contributed by atoms with Crippen LogP contribution in [0.2, 0.25) is 0 Å². The van der Waals surface area contributed by atoms with E-state index in [2.05, 4.69) is 29.4 Å². The summed E-state index contributed by atoms with van der Waals surface area (Å²) in [7, 11) is 0. The molecule has 2 rings (SSSR count). The van der Waals surface area contributed by atoms with Crippen molar-refractivity contribution in [2.45, 2.75) is 45.6 Å². The highest BCUT2D eigenvalue weighted by molar-refractivity contribution is 5.79. The van der Waals surface area contributed by atoms with Crippen LogP contribution in [0.1, 0.15) is 39.5 Å². The molecular weight excluding hydrogens is 292 g/mol. The Morgan fingerprint density at radius 2 is 2.17 bits per heavy atom. The molecule has 0 spiro atoms. The van der Waals surface area contributed by atoms with Gasteiger partial charge in [0.25, 0.3) is 0 Å². The minimum absolute atomic E-state index is 0.0145. The fourth-order valence-corrected chi connectivity index (χ4v) is 3.23. The summed E-state index contributed by atoms with van der Waals surface area (Å²) in [4.78, 5) is 7.29. The molecule has 1 atom stereocenters. The highest BCUT2D eigenvalue weighted by Gasteiger charge is 2.34. The van der Waals surface area contributed by atoms with Crippen molar-refractivity contribution in [2.75, 3.05) is 52.5 Å². The third kappa shape index (κ3) is 5.94. The van der Waals surface area contributed by atoms with Crippen molar-refractivity contribution in [3.05, 3.63) is 0 Å². The van der Waals surface area contributed by atoms with Crippen LogP contribution in [0, 0.1) is 5.41 Å². The first-order valence-corrected chi connectivity index (χ1v) is 9.18.